The van der Waals surface area contributed by atoms with Gasteiger partial charge in [-0.1, -0.05) is 28.1 Å². The maximum absolute atomic E-state index is 11.2. The van der Waals surface area contributed by atoms with Crippen LogP contribution in [0.5, 0.6) is 0 Å². The number of esters is 1. The molecule has 0 fully saturated rings. The van der Waals surface area contributed by atoms with Crippen LogP contribution in [0.2, 0.25) is 0 Å². The summed E-state index contributed by atoms with van der Waals surface area (Å²) in [6.45, 7) is 1.90. The Labute approximate surface area is 104 Å². The summed E-state index contributed by atoms with van der Waals surface area (Å²) >= 11 is 7.85. The van der Waals surface area contributed by atoms with Crippen LogP contribution in [-0.4, -0.2) is 13.1 Å². The average molecular weight is 289 g/mol. The van der Waals surface area contributed by atoms with Gasteiger partial charge in [0.1, 0.15) is 0 Å². The van der Waals surface area contributed by atoms with E-state index in [-0.39, 0.29) is 12.4 Å². The standard InChI is InChI=1S/C11H13BrO2S/c1-11(15,7-10(13)14-2)8-3-5-9(12)6-4-8/h3-6,15H,7H2,1-2H3/t11-/m0/s1. The minimum absolute atomic E-state index is 0.254. The Balaban J connectivity index is 2.85. The second kappa shape index (κ2) is 5.03. The number of halogens is 1. The van der Waals surface area contributed by atoms with Gasteiger partial charge in [0.25, 0.3) is 0 Å². The van der Waals surface area contributed by atoms with E-state index in [1.54, 1.807) is 0 Å². The van der Waals surface area contributed by atoms with Crippen molar-refractivity contribution in [3.05, 3.63) is 34.3 Å². The van der Waals surface area contributed by atoms with Crippen molar-refractivity contribution in [2.24, 2.45) is 0 Å². The number of benzene rings is 1. The maximum Gasteiger partial charge on any atom is 0.307 e. The van der Waals surface area contributed by atoms with Gasteiger partial charge in [-0.3, -0.25) is 4.79 Å². The zero-order valence-corrected chi connectivity index (χ0v) is 11.1. The Morgan fingerprint density at radius 1 is 1.47 bits per heavy atom. The molecule has 0 amide bonds. The van der Waals surface area contributed by atoms with E-state index in [2.05, 4.69) is 33.3 Å². The predicted molar refractivity (Wildman–Crippen MR) is 67.1 cm³/mol. The third-order valence-corrected chi connectivity index (χ3v) is 3.13. The molecule has 0 aliphatic carbocycles. The van der Waals surface area contributed by atoms with Crippen LogP contribution in [-0.2, 0) is 14.3 Å². The summed E-state index contributed by atoms with van der Waals surface area (Å²) in [4.78, 5) is 11.2. The molecule has 0 heterocycles. The molecule has 15 heavy (non-hydrogen) atoms. The summed E-state index contributed by atoms with van der Waals surface area (Å²) in [5.74, 6) is -0.254. The van der Waals surface area contributed by atoms with Gasteiger partial charge in [0.05, 0.1) is 13.5 Å². The summed E-state index contributed by atoms with van der Waals surface area (Å²) in [5, 5.41) is 0. The second-order valence-corrected chi connectivity index (χ2v) is 5.44. The van der Waals surface area contributed by atoms with Crippen LogP contribution in [0.15, 0.2) is 28.7 Å². The molecule has 0 aliphatic heterocycles. The average Bonchev–Trinajstić information content (AvgIpc) is 2.17. The number of thiol groups is 1. The number of ether oxygens (including phenoxy) is 1. The molecule has 0 saturated carbocycles. The zero-order valence-electron chi connectivity index (χ0n) is 8.66. The van der Waals surface area contributed by atoms with Gasteiger partial charge in [0.2, 0.25) is 0 Å². The number of hydrogen-bond donors (Lipinski definition) is 1. The van der Waals surface area contributed by atoms with E-state index in [1.807, 2.05) is 31.2 Å². The van der Waals surface area contributed by atoms with E-state index in [0.717, 1.165) is 10.0 Å². The summed E-state index contributed by atoms with van der Waals surface area (Å²) in [6, 6.07) is 7.75. The molecule has 82 valence electrons. The van der Waals surface area contributed by atoms with Crippen molar-refractivity contribution >= 4 is 34.5 Å². The molecule has 0 spiro atoms. The lowest BCUT2D eigenvalue weighted by Gasteiger charge is -2.22. The first-order valence-corrected chi connectivity index (χ1v) is 5.75. The lowest BCUT2D eigenvalue weighted by molar-refractivity contribution is -0.141. The minimum Gasteiger partial charge on any atom is -0.469 e. The number of methoxy groups -OCH3 is 1. The highest BCUT2D eigenvalue weighted by Gasteiger charge is 2.25. The Morgan fingerprint density at radius 2 is 2.00 bits per heavy atom. The quantitative estimate of drug-likeness (QED) is 0.683. The van der Waals surface area contributed by atoms with Crippen LogP contribution in [0.25, 0.3) is 0 Å². The van der Waals surface area contributed by atoms with Gasteiger partial charge < -0.3 is 4.74 Å². The third-order valence-electron chi connectivity index (χ3n) is 2.18. The van der Waals surface area contributed by atoms with Gasteiger partial charge in [-0.2, -0.15) is 12.6 Å². The van der Waals surface area contributed by atoms with Crippen LogP contribution < -0.4 is 0 Å². The van der Waals surface area contributed by atoms with Crippen molar-refractivity contribution in [3.63, 3.8) is 0 Å². The SMILES string of the molecule is COC(=O)C[C@](C)(S)c1ccc(Br)cc1. The number of rotatable bonds is 3. The van der Waals surface area contributed by atoms with Crippen LogP contribution in [0.4, 0.5) is 0 Å². The van der Waals surface area contributed by atoms with E-state index in [0.29, 0.717) is 0 Å². The highest BCUT2D eigenvalue weighted by Crippen LogP contribution is 2.32. The highest BCUT2D eigenvalue weighted by molar-refractivity contribution is 9.10. The maximum atomic E-state index is 11.2. The molecule has 0 radical (unpaired) electrons. The Hall–Kier alpha value is -0.480. The Morgan fingerprint density at radius 3 is 2.47 bits per heavy atom. The first kappa shape index (κ1) is 12.6. The van der Waals surface area contributed by atoms with Crippen LogP contribution in [0.1, 0.15) is 18.9 Å². The Kier molecular flexibility index (Phi) is 4.22. The molecule has 1 aromatic carbocycles. The van der Waals surface area contributed by atoms with E-state index in [1.165, 1.54) is 7.11 Å². The van der Waals surface area contributed by atoms with E-state index in [4.69, 9.17) is 0 Å². The monoisotopic (exact) mass is 288 g/mol. The van der Waals surface area contributed by atoms with Gasteiger partial charge in [-0.15, -0.1) is 0 Å². The van der Waals surface area contributed by atoms with E-state index in [9.17, 15) is 4.79 Å². The van der Waals surface area contributed by atoms with Crippen molar-refractivity contribution in [2.75, 3.05) is 7.11 Å². The summed E-state index contributed by atoms with van der Waals surface area (Å²) in [5.41, 5.74) is 0.999. The molecule has 4 heteroatoms. The first-order chi connectivity index (χ1) is 6.95. The topological polar surface area (TPSA) is 26.3 Å². The molecular weight excluding hydrogens is 276 g/mol. The molecule has 0 unspecified atom stereocenters. The predicted octanol–water partition coefficient (Wildman–Crippen LogP) is 3.16. The van der Waals surface area contributed by atoms with Crippen LogP contribution in [0, 0.1) is 0 Å². The lowest BCUT2D eigenvalue weighted by Crippen LogP contribution is -2.20. The molecule has 1 atom stereocenters. The molecule has 0 N–H and O–H groups in total. The second-order valence-electron chi connectivity index (χ2n) is 3.53. The van der Waals surface area contributed by atoms with Gasteiger partial charge in [-0.25, -0.2) is 0 Å². The summed E-state index contributed by atoms with van der Waals surface area (Å²) in [7, 11) is 1.38. The molecule has 0 bridgehead atoms. The van der Waals surface area contributed by atoms with Gasteiger partial charge in [0.15, 0.2) is 0 Å². The Bertz CT molecular complexity index is 346. The van der Waals surface area contributed by atoms with Crippen molar-refractivity contribution < 1.29 is 9.53 Å². The molecule has 1 aromatic rings. The molecule has 0 aliphatic rings. The van der Waals surface area contributed by atoms with Gasteiger partial charge in [-0.05, 0) is 24.6 Å². The number of carbonyl (C=O) groups excluding carboxylic acids is 1. The van der Waals surface area contributed by atoms with Gasteiger partial charge >= 0.3 is 5.97 Å². The van der Waals surface area contributed by atoms with E-state index >= 15 is 0 Å². The van der Waals surface area contributed by atoms with Crippen LogP contribution >= 0.6 is 28.6 Å². The zero-order chi connectivity index (χ0) is 11.5. The molecule has 1 rings (SSSR count). The minimum atomic E-state index is -0.492. The third kappa shape index (κ3) is 3.54. The fourth-order valence-corrected chi connectivity index (χ4v) is 1.81. The largest absolute Gasteiger partial charge is 0.469 e. The highest BCUT2D eigenvalue weighted by atomic mass is 79.9. The smallest absolute Gasteiger partial charge is 0.307 e. The molecular formula is C11H13BrO2S. The normalized spacial score (nSPS) is 14.4. The van der Waals surface area contributed by atoms with Crippen molar-refractivity contribution in [2.45, 2.75) is 18.1 Å². The first-order valence-electron chi connectivity index (χ1n) is 4.51. The molecule has 0 saturated heterocycles. The number of carbonyl (C=O) groups is 1. The molecule has 2 nitrogen and oxygen atoms in total. The van der Waals surface area contributed by atoms with Crippen molar-refractivity contribution in [1.82, 2.24) is 0 Å². The number of hydrogen-bond acceptors (Lipinski definition) is 3. The molecule has 0 aromatic heterocycles. The van der Waals surface area contributed by atoms with Crippen molar-refractivity contribution in [1.29, 1.82) is 0 Å². The van der Waals surface area contributed by atoms with E-state index < -0.39 is 4.75 Å². The summed E-state index contributed by atoms with van der Waals surface area (Å²) in [6.07, 6.45) is 0.258. The van der Waals surface area contributed by atoms with Crippen molar-refractivity contribution in [3.8, 4) is 0 Å². The van der Waals surface area contributed by atoms with Crippen LogP contribution in [0.3, 0.4) is 0 Å². The lowest BCUT2D eigenvalue weighted by atomic mass is 9.97. The fraction of sp³-hybridized carbons (Fsp3) is 0.364. The summed E-state index contributed by atoms with van der Waals surface area (Å²) < 4.78 is 5.15. The fourth-order valence-electron chi connectivity index (χ4n) is 1.26. The van der Waals surface area contributed by atoms with Gasteiger partial charge in [0, 0.05) is 9.22 Å².